The summed E-state index contributed by atoms with van der Waals surface area (Å²) in [4.78, 5) is 10.6. The Morgan fingerprint density at radius 2 is 2.05 bits per heavy atom. The second-order valence-electron chi connectivity index (χ2n) is 4.78. The summed E-state index contributed by atoms with van der Waals surface area (Å²) in [5.74, 6) is 0.341. The molecule has 0 aliphatic heterocycles. The Morgan fingerprint density at radius 1 is 1.29 bits per heavy atom. The highest BCUT2D eigenvalue weighted by atomic mass is 16.6. The Balaban J connectivity index is 2.62. The summed E-state index contributed by atoms with van der Waals surface area (Å²) in [6, 6.07) is 5.02. The van der Waals surface area contributed by atoms with Crippen molar-refractivity contribution in [1.82, 2.24) is 5.32 Å². The normalized spacial score (nSPS) is 10.6. The monoisotopic (exact) mass is 296 g/mol. The quantitative estimate of drug-likeness (QED) is 0.386. The number of methoxy groups -OCH3 is 1. The van der Waals surface area contributed by atoms with Gasteiger partial charge in [0.25, 0.3) is 0 Å². The van der Waals surface area contributed by atoms with Crippen molar-refractivity contribution < 1.29 is 14.4 Å². The van der Waals surface area contributed by atoms with Gasteiger partial charge in [0.05, 0.1) is 11.5 Å². The maximum absolute atomic E-state index is 11.0. The van der Waals surface area contributed by atoms with Crippen LogP contribution in [-0.2, 0) is 11.3 Å². The van der Waals surface area contributed by atoms with E-state index < -0.39 is 4.92 Å². The van der Waals surface area contributed by atoms with Gasteiger partial charge in [0.2, 0.25) is 0 Å². The Kier molecular flexibility index (Phi) is 8.38. The van der Waals surface area contributed by atoms with Gasteiger partial charge in [-0.1, -0.05) is 13.0 Å². The summed E-state index contributed by atoms with van der Waals surface area (Å²) in [6.07, 6.45) is 2.74. The summed E-state index contributed by atoms with van der Waals surface area (Å²) >= 11 is 0. The van der Waals surface area contributed by atoms with Gasteiger partial charge in [-0.3, -0.25) is 10.1 Å². The minimum atomic E-state index is -0.409. The van der Waals surface area contributed by atoms with Crippen LogP contribution >= 0.6 is 0 Å². The topological polar surface area (TPSA) is 73.6 Å². The zero-order valence-corrected chi connectivity index (χ0v) is 12.8. The zero-order chi connectivity index (χ0) is 15.5. The lowest BCUT2D eigenvalue weighted by Gasteiger charge is -2.09. The third-order valence-electron chi connectivity index (χ3n) is 2.98. The van der Waals surface area contributed by atoms with Crippen LogP contribution < -0.4 is 10.1 Å². The van der Waals surface area contributed by atoms with E-state index in [2.05, 4.69) is 12.2 Å². The smallest absolute Gasteiger partial charge is 0.310 e. The van der Waals surface area contributed by atoms with Crippen LogP contribution in [0.2, 0.25) is 0 Å². The van der Waals surface area contributed by atoms with Gasteiger partial charge in [0, 0.05) is 26.3 Å². The predicted molar refractivity (Wildman–Crippen MR) is 81.7 cm³/mol. The van der Waals surface area contributed by atoms with E-state index >= 15 is 0 Å². The van der Waals surface area contributed by atoms with Gasteiger partial charge in [-0.25, -0.2) is 0 Å². The molecule has 0 fully saturated rings. The van der Waals surface area contributed by atoms with Gasteiger partial charge < -0.3 is 14.8 Å². The molecule has 118 valence electrons. The summed E-state index contributed by atoms with van der Waals surface area (Å²) < 4.78 is 10.5. The minimum absolute atomic E-state index is 0.0148. The van der Waals surface area contributed by atoms with Crippen molar-refractivity contribution in [2.45, 2.75) is 32.7 Å². The third kappa shape index (κ3) is 6.55. The van der Waals surface area contributed by atoms with Crippen molar-refractivity contribution in [2.75, 3.05) is 26.9 Å². The highest BCUT2D eigenvalue weighted by molar-refractivity contribution is 5.48. The number of nitrogens with zero attached hydrogens (tertiary/aromatic N) is 1. The Hall–Kier alpha value is -1.66. The summed E-state index contributed by atoms with van der Waals surface area (Å²) in [7, 11) is 1.65. The van der Waals surface area contributed by atoms with Crippen LogP contribution in [-0.4, -0.2) is 31.8 Å². The first kappa shape index (κ1) is 17.4. The molecular formula is C15H24N2O4. The molecule has 0 aliphatic rings. The third-order valence-corrected chi connectivity index (χ3v) is 2.98. The average molecular weight is 296 g/mol. The molecule has 0 aromatic heterocycles. The molecule has 1 aromatic rings. The lowest BCUT2D eigenvalue weighted by molar-refractivity contribution is -0.385. The molecule has 1 N–H and O–H groups in total. The first-order valence-corrected chi connectivity index (χ1v) is 7.28. The number of hydrogen-bond acceptors (Lipinski definition) is 5. The van der Waals surface area contributed by atoms with Gasteiger partial charge in [0.1, 0.15) is 0 Å². The van der Waals surface area contributed by atoms with E-state index in [1.165, 1.54) is 6.07 Å². The molecule has 0 amide bonds. The van der Waals surface area contributed by atoms with Crippen molar-refractivity contribution in [1.29, 1.82) is 0 Å². The largest absolute Gasteiger partial charge is 0.487 e. The zero-order valence-electron chi connectivity index (χ0n) is 12.8. The standard InChI is InChI=1S/C15H24N2O4/c1-3-8-16-12-13-6-7-14(17(18)19)15(11-13)21-10-5-4-9-20-2/h6-7,11,16H,3-5,8-10,12H2,1-2H3. The Morgan fingerprint density at radius 3 is 2.71 bits per heavy atom. The molecule has 0 spiro atoms. The number of ether oxygens (including phenoxy) is 2. The van der Waals surface area contributed by atoms with Crippen molar-refractivity contribution in [3.63, 3.8) is 0 Å². The Labute approximate surface area is 125 Å². The van der Waals surface area contributed by atoms with Crippen molar-refractivity contribution in [2.24, 2.45) is 0 Å². The lowest BCUT2D eigenvalue weighted by Crippen LogP contribution is -2.14. The van der Waals surface area contributed by atoms with Gasteiger partial charge in [-0.2, -0.15) is 0 Å². The van der Waals surface area contributed by atoms with Crippen molar-refractivity contribution in [3.8, 4) is 5.75 Å². The van der Waals surface area contributed by atoms with E-state index in [4.69, 9.17) is 9.47 Å². The highest BCUT2D eigenvalue weighted by Gasteiger charge is 2.15. The van der Waals surface area contributed by atoms with Crippen LogP contribution in [0.3, 0.4) is 0 Å². The van der Waals surface area contributed by atoms with E-state index in [9.17, 15) is 10.1 Å². The van der Waals surface area contributed by atoms with Gasteiger partial charge in [0.15, 0.2) is 5.75 Å². The molecular weight excluding hydrogens is 272 g/mol. The van der Waals surface area contributed by atoms with Crippen molar-refractivity contribution >= 4 is 5.69 Å². The van der Waals surface area contributed by atoms with E-state index in [0.717, 1.165) is 31.4 Å². The molecule has 0 radical (unpaired) electrons. The molecule has 0 bridgehead atoms. The fourth-order valence-electron chi connectivity index (χ4n) is 1.88. The maximum Gasteiger partial charge on any atom is 0.310 e. The van der Waals surface area contributed by atoms with Gasteiger partial charge in [-0.05, 0) is 37.4 Å². The summed E-state index contributed by atoms with van der Waals surface area (Å²) in [6.45, 7) is 4.83. The van der Waals surface area contributed by atoms with Gasteiger partial charge in [-0.15, -0.1) is 0 Å². The molecule has 0 unspecified atom stereocenters. The fraction of sp³-hybridized carbons (Fsp3) is 0.600. The minimum Gasteiger partial charge on any atom is -0.487 e. The molecule has 0 heterocycles. The van der Waals surface area contributed by atoms with E-state index in [1.54, 1.807) is 19.2 Å². The average Bonchev–Trinajstić information content (AvgIpc) is 2.47. The van der Waals surface area contributed by atoms with Gasteiger partial charge >= 0.3 is 5.69 Å². The maximum atomic E-state index is 11.0. The van der Waals surface area contributed by atoms with Crippen LogP contribution in [0.4, 0.5) is 5.69 Å². The van der Waals surface area contributed by atoms with Crippen LogP contribution in [0, 0.1) is 10.1 Å². The molecule has 0 atom stereocenters. The fourth-order valence-corrected chi connectivity index (χ4v) is 1.88. The second kappa shape index (κ2) is 10.1. The van der Waals surface area contributed by atoms with Crippen LogP contribution in [0.1, 0.15) is 31.7 Å². The molecule has 0 saturated heterocycles. The molecule has 0 aliphatic carbocycles. The van der Waals surface area contributed by atoms with E-state index in [0.29, 0.717) is 25.5 Å². The van der Waals surface area contributed by atoms with Crippen LogP contribution in [0.15, 0.2) is 18.2 Å². The van der Waals surface area contributed by atoms with Crippen LogP contribution in [0.5, 0.6) is 5.75 Å². The number of nitro groups is 1. The Bertz CT molecular complexity index is 438. The number of unbranched alkanes of at least 4 members (excludes halogenated alkanes) is 1. The molecule has 1 rings (SSSR count). The molecule has 0 saturated carbocycles. The summed E-state index contributed by atoms with van der Waals surface area (Å²) in [5.41, 5.74) is 1.00. The number of rotatable bonds is 11. The number of benzene rings is 1. The highest BCUT2D eigenvalue weighted by Crippen LogP contribution is 2.28. The van der Waals surface area contributed by atoms with Crippen LogP contribution in [0.25, 0.3) is 0 Å². The first-order valence-electron chi connectivity index (χ1n) is 7.28. The van der Waals surface area contributed by atoms with E-state index in [1.807, 2.05) is 0 Å². The molecule has 1 aromatic carbocycles. The molecule has 6 nitrogen and oxygen atoms in total. The first-order chi connectivity index (χ1) is 10.2. The number of hydrogen-bond donors (Lipinski definition) is 1. The number of nitro benzene ring substituents is 1. The number of nitrogens with one attached hydrogen (secondary N) is 1. The molecule has 6 heteroatoms. The van der Waals surface area contributed by atoms with Crippen molar-refractivity contribution in [3.05, 3.63) is 33.9 Å². The SMILES string of the molecule is CCCNCc1ccc([N+](=O)[O-])c(OCCCCOC)c1. The second-order valence-corrected chi connectivity index (χ2v) is 4.78. The summed E-state index contributed by atoms with van der Waals surface area (Å²) in [5, 5.41) is 14.3. The molecule has 21 heavy (non-hydrogen) atoms. The van der Waals surface area contributed by atoms with E-state index in [-0.39, 0.29) is 5.69 Å². The predicted octanol–water partition coefficient (Wildman–Crippen LogP) is 2.90. The lowest BCUT2D eigenvalue weighted by atomic mass is 10.2.